The monoisotopic (exact) mass is 458 g/mol. The van der Waals surface area contributed by atoms with Crippen LogP contribution in [0.25, 0.3) is 0 Å². The van der Waals surface area contributed by atoms with Crippen LogP contribution in [0.1, 0.15) is 61.3 Å². The number of aromatic nitrogens is 2. The molecule has 1 aromatic heterocycles. The second-order valence-corrected chi connectivity index (χ2v) is 9.94. The SMILES string of the molecule is C[C@@H]1CCc2ncnc(N3CCN(C(=O)[C@H]4CCC[C@@H]4c4ccc(Cl)c(Cl)c4)CC3)c21. The molecule has 2 heterocycles. The molecule has 1 amide bonds. The van der Waals surface area contributed by atoms with Crippen LogP contribution < -0.4 is 4.90 Å². The van der Waals surface area contributed by atoms with Gasteiger partial charge in [-0.15, -0.1) is 0 Å². The normalized spacial score (nSPS) is 25.7. The lowest BCUT2D eigenvalue weighted by atomic mass is 9.87. The predicted molar refractivity (Wildman–Crippen MR) is 124 cm³/mol. The quantitative estimate of drug-likeness (QED) is 0.644. The second-order valence-electron chi connectivity index (χ2n) is 9.13. The topological polar surface area (TPSA) is 49.3 Å². The molecule has 5 rings (SSSR count). The molecular formula is C24H28Cl2N4O. The number of rotatable bonds is 3. The van der Waals surface area contributed by atoms with E-state index < -0.39 is 0 Å². The standard InChI is InChI=1S/C24H28Cl2N4O/c1-15-5-8-21-22(15)23(28-14-27-21)29-9-11-30(12-10-29)24(31)18-4-2-3-17(18)16-6-7-19(25)20(26)13-16/h6-7,13-15,17-18H,2-5,8-12H2,1H3/t15-,17-,18+/m1/s1. The summed E-state index contributed by atoms with van der Waals surface area (Å²) in [5.74, 6) is 2.14. The Morgan fingerprint density at radius 1 is 1.03 bits per heavy atom. The number of hydrogen-bond acceptors (Lipinski definition) is 4. The van der Waals surface area contributed by atoms with Crippen molar-refractivity contribution < 1.29 is 4.79 Å². The van der Waals surface area contributed by atoms with E-state index in [1.807, 2.05) is 18.2 Å². The maximum absolute atomic E-state index is 13.4. The Kier molecular flexibility index (Phi) is 5.82. The third-order valence-electron chi connectivity index (χ3n) is 7.35. The number of anilines is 1. The molecule has 0 bridgehead atoms. The van der Waals surface area contributed by atoms with Crippen LogP contribution in [0.2, 0.25) is 10.0 Å². The summed E-state index contributed by atoms with van der Waals surface area (Å²) in [6, 6.07) is 5.81. The number of carbonyl (C=O) groups excluding carboxylic acids is 1. The number of nitrogens with zero attached hydrogens (tertiary/aromatic N) is 4. The van der Waals surface area contributed by atoms with Crippen LogP contribution >= 0.6 is 23.2 Å². The van der Waals surface area contributed by atoms with Gasteiger partial charge in [-0.05, 0) is 55.2 Å². The van der Waals surface area contributed by atoms with Gasteiger partial charge in [0.25, 0.3) is 0 Å². The van der Waals surface area contributed by atoms with E-state index in [9.17, 15) is 4.79 Å². The number of fused-ring (bicyclic) bond motifs is 1. The van der Waals surface area contributed by atoms with Crippen molar-refractivity contribution in [1.29, 1.82) is 0 Å². The van der Waals surface area contributed by atoms with E-state index in [0.717, 1.165) is 69.7 Å². The highest BCUT2D eigenvalue weighted by Crippen LogP contribution is 2.42. The maximum Gasteiger partial charge on any atom is 0.226 e. The Morgan fingerprint density at radius 3 is 2.61 bits per heavy atom. The van der Waals surface area contributed by atoms with Crippen LogP contribution in [0.3, 0.4) is 0 Å². The third kappa shape index (κ3) is 3.91. The Balaban J connectivity index is 1.27. The minimum atomic E-state index is 0.0344. The van der Waals surface area contributed by atoms with E-state index in [1.165, 1.54) is 11.3 Å². The van der Waals surface area contributed by atoms with Crippen molar-refractivity contribution in [2.75, 3.05) is 31.1 Å². The minimum Gasteiger partial charge on any atom is -0.353 e. The molecule has 0 unspecified atom stereocenters. The number of carbonyl (C=O) groups is 1. The highest BCUT2D eigenvalue weighted by Gasteiger charge is 2.38. The summed E-state index contributed by atoms with van der Waals surface area (Å²) in [7, 11) is 0. The number of hydrogen-bond donors (Lipinski definition) is 0. The zero-order valence-corrected chi connectivity index (χ0v) is 19.4. The lowest BCUT2D eigenvalue weighted by Gasteiger charge is -2.38. The second kappa shape index (κ2) is 8.59. The molecule has 0 N–H and O–H groups in total. The van der Waals surface area contributed by atoms with Crippen LogP contribution in [0.4, 0.5) is 5.82 Å². The van der Waals surface area contributed by atoms with E-state index in [-0.39, 0.29) is 17.7 Å². The van der Waals surface area contributed by atoms with Crippen molar-refractivity contribution in [2.24, 2.45) is 5.92 Å². The highest BCUT2D eigenvalue weighted by molar-refractivity contribution is 6.42. The van der Waals surface area contributed by atoms with Gasteiger partial charge in [-0.3, -0.25) is 4.79 Å². The summed E-state index contributed by atoms with van der Waals surface area (Å²) >= 11 is 12.3. The van der Waals surface area contributed by atoms with Gasteiger partial charge in [-0.2, -0.15) is 0 Å². The van der Waals surface area contributed by atoms with Gasteiger partial charge in [0.1, 0.15) is 12.1 Å². The lowest BCUT2D eigenvalue weighted by molar-refractivity contribution is -0.136. The van der Waals surface area contributed by atoms with Crippen molar-refractivity contribution in [3.8, 4) is 0 Å². The molecular weight excluding hydrogens is 431 g/mol. The summed E-state index contributed by atoms with van der Waals surface area (Å²) < 4.78 is 0. The van der Waals surface area contributed by atoms with Crippen molar-refractivity contribution in [2.45, 2.75) is 50.9 Å². The lowest BCUT2D eigenvalue weighted by Crippen LogP contribution is -2.51. The van der Waals surface area contributed by atoms with Crippen LogP contribution in [0.5, 0.6) is 0 Å². The van der Waals surface area contributed by atoms with Gasteiger partial charge in [-0.25, -0.2) is 9.97 Å². The van der Waals surface area contributed by atoms with Crippen LogP contribution in [0, 0.1) is 5.92 Å². The summed E-state index contributed by atoms with van der Waals surface area (Å²) in [6.07, 6.45) is 6.94. The van der Waals surface area contributed by atoms with Crippen LogP contribution in [-0.2, 0) is 11.2 Å². The van der Waals surface area contributed by atoms with Gasteiger partial charge in [0, 0.05) is 43.4 Å². The van der Waals surface area contributed by atoms with Crippen molar-refractivity contribution in [1.82, 2.24) is 14.9 Å². The smallest absolute Gasteiger partial charge is 0.226 e. The molecule has 5 nitrogen and oxygen atoms in total. The first-order valence-corrected chi connectivity index (χ1v) is 12.1. The Morgan fingerprint density at radius 2 is 1.84 bits per heavy atom. The molecule has 1 saturated heterocycles. The van der Waals surface area contributed by atoms with Crippen LogP contribution in [0.15, 0.2) is 24.5 Å². The van der Waals surface area contributed by atoms with Crippen molar-refractivity contribution in [3.05, 3.63) is 51.4 Å². The first kappa shape index (κ1) is 21.0. The molecule has 164 valence electrons. The van der Waals surface area contributed by atoms with Gasteiger partial charge >= 0.3 is 0 Å². The Labute approximate surface area is 193 Å². The molecule has 1 saturated carbocycles. The summed E-state index contributed by atoms with van der Waals surface area (Å²) in [5, 5.41) is 1.13. The van der Waals surface area contributed by atoms with Gasteiger partial charge in [0.15, 0.2) is 0 Å². The number of amides is 1. The van der Waals surface area contributed by atoms with Crippen molar-refractivity contribution in [3.63, 3.8) is 0 Å². The van der Waals surface area contributed by atoms with Gasteiger partial charge < -0.3 is 9.80 Å². The van der Waals surface area contributed by atoms with E-state index in [0.29, 0.717) is 16.0 Å². The summed E-state index contributed by atoms with van der Waals surface area (Å²) in [5.41, 5.74) is 3.65. The van der Waals surface area contributed by atoms with Crippen LogP contribution in [-0.4, -0.2) is 47.0 Å². The number of halogens is 2. The molecule has 3 atom stereocenters. The molecule has 2 aliphatic carbocycles. The molecule has 2 fully saturated rings. The Hall–Kier alpha value is -1.85. The molecule has 2 aromatic rings. The molecule has 1 aromatic carbocycles. The summed E-state index contributed by atoms with van der Waals surface area (Å²) in [4.78, 5) is 27.0. The molecule has 31 heavy (non-hydrogen) atoms. The zero-order valence-electron chi connectivity index (χ0n) is 17.9. The predicted octanol–water partition coefficient (Wildman–Crippen LogP) is 5.07. The Bertz CT molecular complexity index is 990. The molecule has 3 aliphatic rings. The van der Waals surface area contributed by atoms with E-state index in [1.54, 1.807) is 6.33 Å². The van der Waals surface area contributed by atoms with E-state index in [4.69, 9.17) is 23.2 Å². The third-order valence-corrected chi connectivity index (χ3v) is 8.09. The minimum absolute atomic E-state index is 0.0344. The van der Waals surface area contributed by atoms with Gasteiger partial charge in [-0.1, -0.05) is 42.6 Å². The molecule has 7 heteroatoms. The van der Waals surface area contributed by atoms with E-state index >= 15 is 0 Å². The van der Waals surface area contributed by atoms with Gasteiger partial charge in [0.2, 0.25) is 5.91 Å². The maximum atomic E-state index is 13.4. The summed E-state index contributed by atoms with van der Waals surface area (Å²) in [6.45, 7) is 5.41. The fourth-order valence-electron chi connectivity index (χ4n) is 5.65. The largest absolute Gasteiger partial charge is 0.353 e. The number of benzene rings is 1. The van der Waals surface area contributed by atoms with Gasteiger partial charge in [0.05, 0.1) is 10.0 Å². The average molecular weight is 459 g/mol. The fraction of sp³-hybridized carbons (Fsp3) is 0.542. The average Bonchev–Trinajstić information content (AvgIpc) is 3.43. The first-order chi connectivity index (χ1) is 15.0. The molecule has 0 radical (unpaired) electrons. The zero-order chi connectivity index (χ0) is 21.5. The molecule has 1 aliphatic heterocycles. The number of aryl methyl sites for hydroxylation is 1. The fourth-order valence-corrected chi connectivity index (χ4v) is 5.95. The highest BCUT2D eigenvalue weighted by atomic mass is 35.5. The van der Waals surface area contributed by atoms with Crippen molar-refractivity contribution >= 4 is 34.9 Å². The number of piperazine rings is 1. The van der Waals surface area contributed by atoms with E-state index in [2.05, 4.69) is 26.7 Å². The molecule has 0 spiro atoms. The first-order valence-electron chi connectivity index (χ1n) is 11.4.